The molecule has 1 unspecified atom stereocenters. The van der Waals surface area contributed by atoms with Gasteiger partial charge >= 0.3 is 0 Å². The van der Waals surface area contributed by atoms with Gasteiger partial charge in [0.25, 0.3) is 0 Å². The average Bonchev–Trinajstić information content (AvgIpc) is 3.27. The maximum absolute atomic E-state index is 12.8. The lowest BCUT2D eigenvalue weighted by atomic mass is 10.2. The first-order valence-electron chi connectivity index (χ1n) is 8.86. The summed E-state index contributed by atoms with van der Waals surface area (Å²) < 4.78 is 32.9. The molecular weight excluding hydrogens is 370 g/mol. The molecule has 4 atom stereocenters. The van der Waals surface area contributed by atoms with Crippen molar-refractivity contribution in [3.63, 3.8) is 0 Å². The molecule has 2 rings (SSSR count). The molecule has 8 heteroatoms. The van der Waals surface area contributed by atoms with E-state index >= 15 is 0 Å². The number of rotatable bonds is 7. The molecule has 1 heterocycles. The molecule has 1 aromatic carbocycles. The van der Waals surface area contributed by atoms with Gasteiger partial charge in [-0.25, -0.2) is 8.42 Å². The van der Waals surface area contributed by atoms with Gasteiger partial charge in [0.2, 0.25) is 10.0 Å². The SMILES string of the molecule is Cc1ccc(S(=O)(=O)N2[C@@H]([C@H](O)CO[Si](C)(C)C(C)(C)C)[C@H]2CO)cc1. The third-order valence-corrected chi connectivity index (χ3v) is 12.0. The highest BCUT2D eigenvalue weighted by molar-refractivity contribution is 7.89. The second-order valence-corrected chi connectivity index (χ2v) is 15.2. The second kappa shape index (κ2) is 7.33. The highest BCUT2D eigenvalue weighted by atomic mass is 32.2. The van der Waals surface area contributed by atoms with Crippen molar-refractivity contribution in [2.75, 3.05) is 13.2 Å². The molecule has 0 radical (unpaired) electrons. The van der Waals surface area contributed by atoms with Crippen LogP contribution in [0.15, 0.2) is 29.2 Å². The summed E-state index contributed by atoms with van der Waals surface area (Å²) in [6.07, 6.45) is -0.971. The van der Waals surface area contributed by atoms with E-state index < -0.39 is 36.5 Å². The zero-order valence-electron chi connectivity index (χ0n) is 16.4. The number of nitrogens with zero attached hydrogens (tertiary/aromatic N) is 1. The quantitative estimate of drug-likeness (QED) is 0.540. The Hall–Kier alpha value is -0.773. The van der Waals surface area contributed by atoms with Crippen molar-refractivity contribution in [1.82, 2.24) is 4.31 Å². The number of benzene rings is 1. The van der Waals surface area contributed by atoms with Crippen LogP contribution in [0.2, 0.25) is 18.1 Å². The Kier molecular flexibility index (Phi) is 6.07. The Balaban J connectivity index is 2.12. The molecule has 1 aliphatic rings. The Morgan fingerprint density at radius 3 is 2.23 bits per heavy atom. The minimum Gasteiger partial charge on any atom is -0.414 e. The highest BCUT2D eigenvalue weighted by Gasteiger charge is 2.58. The summed E-state index contributed by atoms with van der Waals surface area (Å²) in [7, 11) is -5.80. The van der Waals surface area contributed by atoms with Crippen molar-refractivity contribution >= 4 is 18.3 Å². The van der Waals surface area contributed by atoms with Gasteiger partial charge in [0.1, 0.15) is 0 Å². The predicted molar refractivity (Wildman–Crippen MR) is 104 cm³/mol. The van der Waals surface area contributed by atoms with Crippen LogP contribution >= 0.6 is 0 Å². The van der Waals surface area contributed by atoms with Crippen LogP contribution in [0.1, 0.15) is 26.3 Å². The minimum absolute atomic E-state index is 0.000311. The third-order valence-electron chi connectivity index (χ3n) is 5.52. The Bertz CT molecular complexity index is 727. The zero-order valence-corrected chi connectivity index (χ0v) is 18.2. The second-order valence-electron chi connectivity index (χ2n) is 8.53. The summed E-state index contributed by atoms with van der Waals surface area (Å²) >= 11 is 0. The first-order valence-corrected chi connectivity index (χ1v) is 13.2. The van der Waals surface area contributed by atoms with Crippen LogP contribution in [-0.4, -0.2) is 62.7 Å². The van der Waals surface area contributed by atoms with E-state index in [2.05, 4.69) is 33.9 Å². The fourth-order valence-corrected chi connectivity index (χ4v) is 5.51. The number of aliphatic hydroxyl groups excluding tert-OH is 2. The fraction of sp³-hybridized carbons (Fsp3) is 0.667. The van der Waals surface area contributed by atoms with Crippen molar-refractivity contribution in [3.8, 4) is 0 Å². The van der Waals surface area contributed by atoms with Crippen molar-refractivity contribution in [2.45, 2.75) is 68.9 Å². The summed E-state index contributed by atoms with van der Waals surface area (Å²) in [5, 5.41) is 20.1. The molecule has 148 valence electrons. The topological polar surface area (TPSA) is 86.8 Å². The number of aliphatic hydroxyl groups is 2. The molecule has 6 nitrogen and oxygen atoms in total. The maximum Gasteiger partial charge on any atom is 0.243 e. The molecule has 2 N–H and O–H groups in total. The molecule has 26 heavy (non-hydrogen) atoms. The third kappa shape index (κ3) is 4.21. The van der Waals surface area contributed by atoms with Crippen LogP contribution in [-0.2, 0) is 14.4 Å². The largest absolute Gasteiger partial charge is 0.414 e. The number of hydrogen-bond donors (Lipinski definition) is 2. The van der Waals surface area contributed by atoms with Crippen molar-refractivity contribution in [1.29, 1.82) is 0 Å². The van der Waals surface area contributed by atoms with Crippen LogP contribution in [0.3, 0.4) is 0 Å². The normalized spacial score (nSPS) is 25.2. The van der Waals surface area contributed by atoms with Crippen LogP contribution in [0.4, 0.5) is 0 Å². The van der Waals surface area contributed by atoms with Crippen LogP contribution in [0, 0.1) is 6.92 Å². The van der Waals surface area contributed by atoms with Gasteiger partial charge in [-0.15, -0.1) is 0 Å². The van der Waals surface area contributed by atoms with E-state index in [1.165, 1.54) is 4.31 Å². The molecule has 0 bridgehead atoms. The Labute approximate surface area is 158 Å². The van der Waals surface area contributed by atoms with Crippen LogP contribution in [0.5, 0.6) is 0 Å². The molecule has 1 aliphatic heterocycles. The smallest absolute Gasteiger partial charge is 0.243 e. The van der Waals surface area contributed by atoms with Gasteiger partial charge in [-0.3, -0.25) is 0 Å². The molecule has 0 spiro atoms. The maximum atomic E-state index is 12.8. The van der Waals surface area contributed by atoms with E-state index in [1.807, 2.05) is 6.92 Å². The van der Waals surface area contributed by atoms with Gasteiger partial charge in [0.05, 0.1) is 36.3 Å². The van der Waals surface area contributed by atoms with Crippen LogP contribution in [0.25, 0.3) is 0 Å². The van der Waals surface area contributed by atoms with Crippen LogP contribution < -0.4 is 0 Å². The molecule has 0 saturated carbocycles. The van der Waals surface area contributed by atoms with Gasteiger partial charge in [-0.05, 0) is 37.2 Å². The van der Waals surface area contributed by atoms with Gasteiger partial charge in [-0.2, -0.15) is 4.31 Å². The van der Waals surface area contributed by atoms with E-state index in [0.717, 1.165) is 5.56 Å². The Morgan fingerprint density at radius 2 is 1.77 bits per heavy atom. The Morgan fingerprint density at radius 1 is 1.23 bits per heavy atom. The lowest BCUT2D eigenvalue weighted by Crippen LogP contribution is -2.43. The molecule has 1 fully saturated rings. The zero-order chi connectivity index (χ0) is 19.9. The predicted octanol–water partition coefficient (Wildman–Crippen LogP) is 2.11. The summed E-state index contributed by atoms with van der Waals surface area (Å²) in [5.41, 5.74) is 0.966. The first kappa shape index (κ1) is 21.5. The summed E-state index contributed by atoms with van der Waals surface area (Å²) in [4.78, 5) is 0.168. The average molecular weight is 402 g/mol. The number of hydrogen-bond acceptors (Lipinski definition) is 5. The molecule has 0 aliphatic carbocycles. The lowest BCUT2D eigenvalue weighted by molar-refractivity contribution is 0.0913. The van der Waals surface area contributed by atoms with E-state index in [-0.39, 0.29) is 23.1 Å². The molecular formula is C18H31NO5SSi. The minimum atomic E-state index is -3.75. The van der Waals surface area contributed by atoms with Crippen molar-refractivity contribution in [3.05, 3.63) is 29.8 Å². The van der Waals surface area contributed by atoms with E-state index in [1.54, 1.807) is 24.3 Å². The first-order chi connectivity index (χ1) is 11.8. The van der Waals surface area contributed by atoms with Crippen molar-refractivity contribution in [2.24, 2.45) is 0 Å². The molecule has 1 saturated heterocycles. The van der Waals surface area contributed by atoms with E-state index in [4.69, 9.17) is 4.43 Å². The number of sulfonamides is 1. The lowest BCUT2D eigenvalue weighted by Gasteiger charge is -2.36. The number of aryl methyl sites for hydroxylation is 1. The monoisotopic (exact) mass is 401 g/mol. The molecule has 0 amide bonds. The fourth-order valence-electron chi connectivity index (χ4n) is 2.67. The summed E-state index contributed by atoms with van der Waals surface area (Å²) in [5.74, 6) is 0. The van der Waals surface area contributed by atoms with Gasteiger partial charge in [0.15, 0.2) is 8.32 Å². The summed E-state index contributed by atoms with van der Waals surface area (Å²) in [6.45, 7) is 12.1. The van der Waals surface area contributed by atoms with E-state index in [9.17, 15) is 18.6 Å². The van der Waals surface area contributed by atoms with Crippen molar-refractivity contribution < 1.29 is 23.1 Å². The van der Waals surface area contributed by atoms with Gasteiger partial charge in [0, 0.05) is 0 Å². The van der Waals surface area contributed by atoms with Gasteiger partial charge < -0.3 is 14.6 Å². The molecule has 0 aromatic heterocycles. The molecule has 1 aromatic rings. The standard InChI is InChI=1S/C18H31NO5SSi/c1-13-7-9-14(10-8-13)25(22,23)19-15(11-20)17(19)16(21)12-24-26(5,6)18(2,3)4/h7-10,15-17,20-21H,11-12H2,1-6H3/t15-,16-,17-,19?/m1/s1. The van der Waals surface area contributed by atoms with E-state index in [0.29, 0.717) is 0 Å². The van der Waals surface area contributed by atoms with Gasteiger partial charge in [-0.1, -0.05) is 38.5 Å². The highest BCUT2D eigenvalue weighted by Crippen LogP contribution is 2.40. The summed E-state index contributed by atoms with van der Waals surface area (Å²) in [6, 6.07) is 5.29.